The van der Waals surface area contributed by atoms with Gasteiger partial charge in [0.1, 0.15) is 0 Å². The summed E-state index contributed by atoms with van der Waals surface area (Å²) in [6, 6.07) is 6.16. The first kappa shape index (κ1) is 13.8. The lowest BCUT2D eigenvalue weighted by Crippen LogP contribution is -2.42. The zero-order chi connectivity index (χ0) is 13.8. The van der Waals surface area contributed by atoms with Gasteiger partial charge in [-0.2, -0.15) is 0 Å². The van der Waals surface area contributed by atoms with Crippen LogP contribution in [0.25, 0.3) is 0 Å². The van der Waals surface area contributed by atoms with E-state index in [0.717, 1.165) is 0 Å². The molecule has 1 amide bonds. The van der Waals surface area contributed by atoms with Gasteiger partial charge < -0.3 is 10.1 Å². The van der Waals surface area contributed by atoms with Crippen LogP contribution in [0.1, 0.15) is 34.6 Å². The maximum absolute atomic E-state index is 11.8. The lowest BCUT2D eigenvalue weighted by atomic mass is 10.1. The first-order chi connectivity index (χ1) is 8.39. The van der Waals surface area contributed by atoms with Crippen LogP contribution in [0.5, 0.6) is 0 Å². The minimum absolute atomic E-state index is 0.283. The number of nitrogens with one attached hydrogen (secondary N) is 1. The Morgan fingerprint density at radius 1 is 1.22 bits per heavy atom. The van der Waals surface area contributed by atoms with Crippen molar-refractivity contribution in [3.05, 3.63) is 35.4 Å². The van der Waals surface area contributed by atoms with E-state index in [0.29, 0.717) is 11.1 Å². The molecule has 0 unspecified atom stereocenters. The molecule has 94 valence electrons. The molecule has 0 aliphatic carbocycles. The third kappa shape index (κ3) is 3.36. The molecule has 0 bridgehead atoms. The number of rotatable bonds is 3. The topological polar surface area (TPSA) is 55.4 Å². The Balaban J connectivity index is 2.84. The Bertz CT molecular complexity index is 495. The highest BCUT2D eigenvalue weighted by atomic mass is 16.5. The Morgan fingerprint density at radius 3 is 2.17 bits per heavy atom. The molecule has 4 nitrogen and oxygen atoms in total. The summed E-state index contributed by atoms with van der Waals surface area (Å²) in [6.07, 6.45) is 5.29. The van der Waals surface area contributed by atoms with E-state index < -0.39 is 11.5 Å². The molecule has 0 aliphatic heterocycles. The number of methoxy groups -OCH3 is 1. The predicted molar refractivity (Wildman–Crippen MR) is 68.2 cm³/mol. The van der Waals surface area contributed by atoms with Gasteiger partial charge in [-0.15, -0.1) is 6.42 Å². The fourth-order valence-electron chi connectivity index (χ4n) is 1.27. The number of carbonyl (C=O) groups excluding carboxylic acids is 2. The van der Waals surface area contributed by atoms with E-state index in [1.807, 2.05) is 0 Å². The summed E-state index contributed by atoms with van der Waals surface area (Å²) in [5, 5.41) is 2.69. The van der Waals surface area contributed by atoms with Crippen LogP contribution in [-0.4, -0.2) is 24.5 Å². The van der Waals surface area contributed by atoms with Crippen LogP contribution in [0.3, 0.4) is 0 Å². The van der Waals surface area contributed by atoms with Crippen molar-refractivity contribution in [3.63, 3.8) is 0 Å². The number of hydrogen-bond donors (Lipinski definition) is 1. The number of ether oxygens (including phenoxy) is 1. The van der Waals surface area contributed by atoms with Crippen molar-refractivity contribution in [1.82, 2.24) is 5.32 Å². The van der Waals surface area contributed by atoms with Gasteiger partial charge in [0.25, 0.3) is 5.91 Å². The van der Waals surface area contributed by atoms with Crippen LogP contribution in [0.2, 0.25) is 0 Å². The van der Waals surface area contributed by atoms with E-state index in [-0.39, 0.29) is 5.91 Å². The fraction of sp³-hybridized carbons (Fsp3) is 0.286. The van der Waals surface area contributed by atoms with Crippen LogP contribution in [0.15, 0.2) is 24.3 Å². The van der Waals surface area contributed by atoms with Crippen LogP contribution in [0.4, 0.5) is 0 Å². The number of esters is 1. The quantitative estimate of drug-likeness (QED) is 0.650. The Morgan fingerprint density at radius 2 is 1.72 bits per heavy atom. The first-order valence-electron chi connectivity index (χ1n) is 5.38. The minimum Gasteiger partial charge on any atom is -0.465 e. The monoisotopic (exact) mass is 245 g/mol. The van der Waals surface area contributed by atoms with Crippen molar-refractivity contribution >= 4 is 11.9 Å². The SMILES string of the molecule is C#CC(C)(C)NC(=O)c1ccc(C(=O)OC)cc1. The molecule has 0 saturated carbocycles. The van der Waals surface area contributed by atoms with Crippen molar-refractivity contribution in [2.24, 2.45) is 0 Å². The molecule has 0 spiro atoms. The van der Waals surface area contributed by atoms with Crippen molar-refractivity contribution in [3.8, 4) is 12.3 Å². The molecule has 0 fully saturated rings. The molecule has 4 heteroatoms. The highest BCUT2D eigenvalue weighted by molar-refractivity contribution is 5.96. The lowest BCUT2D eigenvalue weighted by molar-refractivity contribution is 0.0600. The highest BCUT2D eigenvalue weighted by Gasteiger charge is 2.18. The van der Waals surface area contributed by atoms with E-state index >= 15 is 0 Å². The zero-order valence-electron chi connectivity index (χ0n) is 10.6. The summed E-state index contributed by atoms with van der Waals surface area (Å²) in [5.41, 5.74) is 0.120. The van der Waals surface area contributed by atoms with Gasteiger partial charge in [0.05, 0.1) is 18.2 Å². The number of carbonyl (C=O) groups is 2. The molecule has 0 aliphatic rings. The van der Waals surface area contributed by atoms with Crippen LogP contribution in [0, 0.1) is 12.3 Å². The number of hydrogen-bond acceptors (Lipinski definition) is 3. The molecule has 1 N–H and O–H groups in total. The Hall–Kier alpha value is -2.28. The van der Waals surface area contributed by atoms with Gasteiger partial charge in [-0.3, -0.25) is 4.79 Å². The van der Waals surface area contributed by atoms with E-state index in [1.165, 1.54) is 19.2 Å². The maximum Gasteiger partial charge on any atom is 0.337 e. The smallest absolute Gasteiger partial charge is 0.337 e. The van der Waals surface area contributed by atoms with Crippen molar-refractivity contribution in [1.29, 1.82) is 0 Å². The average molecular weight is 245 g/mol. The normalized spacial score (nSPS) is 10.3. The van der Waals surface area contributed by atoms with Crippen LogP contribution in [-0.2, 0) is 4.74 Å². The largest absolute Gasteiger partial charge is 0.465 e. The Kier molecular flexibility index (Phi) is 4.11. The third-order valence-electron chi connectivity index (χ3n) is 2.36. The molecule has 0 radical (unpaired) electrons. The van der Waals surface area contributed by atoms with Gasteiger partial charge in [0.2, 0.25) is 0 Å². The molecular formula is C14H15NO3. The van der Waals surface area contributed by atoms with Crippen LogP contribution >= 0.6 is 0 Å². The molecule has 1 rings (SSSR count). The van der Waals surface area contributed by atoms with E-state index in [9.17, 15) is 9.59 Å². The van der Waals surface area contributed by atoms with E-state index in [4.69, 9.17) is 6.42 Å². The summed E-state index contributed by atoms with van der Waals surface area (Å²) >= 11 is 0. The number of terminal acetylenes is 1. The number of benzene rings is 1. The molecule has 1 aromatic carbocycles. The minimum atomic E-state index is -0.710. The molecule has 0 saturated heterocycles. The van der Waals surface area contributed by atoms with E-state index in [2.05, 4.69) is 16.0 Å². The molecule has 18 heavy (non-hydrogen) atoms. The van der Waals surface area contributed by atoms with Gasteiger partial charge in [-0.05, 0) is 38.1 Å². The van der Waals surface area contributed by atoms with Gasteiger partial charge in [-0.1, -0.05) is 5.92 Å². The second kappa shape index (κ2) is 5.37. The lowest BCUT2D eigenvalue weighted by Gasteiger charge is -2.19. The third-order valence-corrected chi connectivity index (χ3v) is 2.36. The second-order valence-corrected chi connectivity index (χ2v) is 4.29. The fourth-order valence-corrected chi connectivity index (χ4v) is 1.27. The first-order valence-corrected chi connectivity index (χ1v) is 5.38. The molecule has 0 heterocycles. The highest BCUT2D eigenvalue weighted by Crippen LogP contribution is 2.08. The van der Waals surface area contributed by atoms with E-state index in [1.54, 1.807) is 26.0 Å². The van der Waals surface area contributed by atoms with Crippen LogP contribution < -0.4 is 5.32 Å². The maximum atomic E-state index is 11.8. The summed E-state index contributed by atoms with van der Waals surface area (Å²) in [4.78, 5) is 23.1. The van der Waals surface area contributed by atoms with Gasteiger partial charge >= 0.3 is 5.97 Å². The zero-order valence-corrected chi connectivity index (χ0v) is 10.6. The summed E-state index contributed by atoms with van der Waals surface area (Å²) in [6.45, 7) is 3.46. The van der Waals surface area contributed by atoms with Crippen molar-refractivity contribution < 1.29 is 14.3 Å². The number of amides is 1. The molecule has 0 atom stereocenters. The van der Waals surface area contributed by atoms with Gasteiger partial charge in [0.15, 0.2) is 0 Å². The van der Waals surface area contributed by atoms with Gasteiger partial charge in [-0.25, -0.2) is 4.79 Å². The van der Waals surface area contributed by atoms with Crippen molar-refractivity contribution in [2.75, 3.05) is 7.11 Å². The molecule has 1 aromatic rings. The summed E-state index contributed by atoms with van der Waals surface area (Å²) in [7, 11) is 1.30. The second-order valence-electron chi connectivity index (χ2n) is 4.29. The van der Waals surface area contributed by atoms with Crippen molar-refractivity contribution in [2.45, 2.75) is 19.4 Å². The summed E-state index contributed by atoms with van der Waals surface area (Å²) < 4.78 is 4.57. The molecular weight excluding hydrogens is 230 g/mol. The summed E-state index contributed by atoms with van der Waals surface area (Å²) in [5.74, 6) is 1.75. The van der Waals surface area contributed by atoms with Gasteiger partial charge in [0, 0.05) is 5.56 Å². The standard InChI is InChI=1S/C14H15NO3/c1-5-14(2,3)15-12(16)10-6-8-11(9-7-10)13(17)18-4/h1,6-9H,2-4H3,(H,15,16). The molecule has 0 aromatic heterocycles. The average Bonchev–Trinajstić information content (AvgIpc) is 2.37. The Labute approximate surface area is 106 Å². The predicted octanol–water partition coefficient (Wildman–Crippen LogP) is 1.61.